The van der Waals surface area contributed by atoms with Crippen molar-refractivity contribution in [2.75, 3.05) is 25.1 Å². The van der Waals surface area contributed by atoms with E-state index in [-0.39, 0.29) is 0 Å². The van der Waals surface area contributed by atoms with Crippen LogP contribution in [-0.4, -0.2) is 19.8 Å². The van der Waals surface area contributed by atoms with Gasteiger partial charge in [0.25, 0.3) is 0 Å². The van der Waals surface area contributed by atoms with Gasteiger partial charge in [0.1, 0.15) is 0 Å². The minimum Gasteiger partial charge on any atom is -0.383 e. The lowest BCUT2D eigenvalue weighted by Crippen LogP contribution is -2.08. The molecule has 1 rings (SSSR count). The number of terminal acetylenes is 1. The average Bonchev–Trinajstić information content (AvgIpc) is 2.25. The highest BCUT2D eigenvalue weighted by Gasteiger charge is 1.92. The molecule has 0 fully saturated rings. The standard InChI is InChI=1S/C12H15NO/c1-3-11-6-5-7-12(10-11)13-8-9-14-4-2/h1,5-7,10,13H,4,8-9H2,2H3. The monoisotopic (exact) mass is 189 g/mol. The Balaban J connectivity index is 2.39. The van der Waals surface area contributed by atoms with Gasteiger partial charge in [-0.2, -0.15) is 0 Å². The van der Waals surface area contributed by atoms with Crippen molar-refractivity contribution in [2.24, 2.45) is 0 Å². The molecule has 0 unspecified atom stereocenters. The molecule has 1 N–H and O–H groups in total. The summed E-state index contributed by atoms with van der Waals surface area (Å²) in [5.41, 5.74) is 1.94. The summed E-state index contributed by atoms with van der Waals surface area (Å²) in [4.78, 5) is 0. The molecular weight excluding hydrogens is 174 g/mol. The zero-order valence-electron chi connectivity index (χ0n) is 8.42. The smallest absolute Gasteiger partial charge is 0.0638 e. The summed E-state index contributed by atoms with van der Waals surface area (Å²) >= 11 is 0. The van der Waals surface area contributed by atoms with Crippen LogP contribution in [0.25, 0.3) is 0 Å². The molecule has 0 saturated heterocycles. The Labute approximate surface area is 85.3 Å². The third kappa shape index (κ3) is 3.51. The second-order valence-corrected chi connectivity index (χ2v) is 2.85. The number of anilines is 1. The molecule has 0 spiro atoms. The summed E-state index contributed by atoms with van der Waals surface area (Å²) in [5, 5.41) is 3.23. The van der Waals surface area contributed by atoms with Gasteiger partial charge >= 0.3 is 0 Å². The molecule has 0 heterocycles. The van der Waals surface area contributed by atoms with Crippen LogP contribution in [0.3, 0.4) is 0 Å². The van der Waals surface area contributed by atoms with Crippen LogP contribution in [-0.2, 0) is 4.74 Å². The second-order valence-electron chi connectivity index (χ2n) is 2.85. The Morgan fingerprint density at radius 3 is 3.07 bits per heavy atom. The zero-order chi connectivity index (χ0) is 10.2. The lowest BCUT2D eigenvalue weighted by Gasteiger charge is -2.06. The first-order valence-electron chi connectivity index (χ1n) is 4.75. The molecule has 0 aromatic heterocycles. The highest BCUT2D eigenvalue weighted by Crippen LogP contribution is 2.08. The van der Waals surface area contributed by atoms with Gasteiger partial charge in [0, 0.05) is 24.4 Å². The van der Waals surface area contributed by atoms with E-state index >= 15 is 0 Å². The predicted molar refractivity (Wildman–Crippen MR) is 59.4 cm³/mol. The van der Waals surface area contributed by atoms with Crippen molar-refractivity contribution in [3.63, 3.8) is 0 Å². The number of benzene rings is 1. The fourth-order valence-electron chi connectivity index (χ4n) is 1.13. The number of ether oxygens (including phenoxy) is 1. The Hall–Kier alpha value is -1.46. The molecule has 0 radical (unpaired) electrons. The van der Waals surface area contributed by atoms with E-state index in [9.17, 15) is 0 Å². The van der Waals surface area contributed by atoms with Crippen LogP contribution < -0.4 is 5.32 Å². The van der Waals surface area contributed by atoms with Crippen LogP contribution in [0, 0.1) is 12.3 Å². The van der Waals surface area contributed by atoms with E-state index in [1.807, 2.05) is 31.2 Å². The highest BCUT2D eigenvalue weighted by molar-refractivity contribution is 5.49. The van der Waals surface area contributed by atoms with Crippen molar-refractivity contribution in [1.82, 2.24) is 0 Å². The van der Waals surface area contributed by atoms with E-state index < -0.39 is 0 Å². The maximum Gasteiger partial charge on any atom is 0.0638 e. The fraction of sp³-hybridized carbons (Fsp3) is 0.333. The van der Waals surface area contributed by atoms with E-state index in [1.165, 1.54) is 0 Å². The lowest BCUT2D eigenvalue weighted by molar-refractivity contribution is 0.158. The van der Waals surface area contributed by atoms with Gasteiger partial charge in [0.2, 0.25) is 0 Å². The summed E-state index contributed by atoms with van der Waals surface area (Å²) in [7, 11) is 0. The van der Waals surface area contributed by atoms with Gasteiger partial charge in [0.15, 0.2) is 0 Å². The minimum absolute atomic E-state index is 0.719. The first-order chi connectivity index (χ1) is 6.86. The molecule has 0 amide bonds. The molecular formula is C12H15NO. The lowest BCUT2D eigenvalue weighted by atomic mass is 10.2. The molecule has 0 atom stereocenters. The zero-order valence-corrected chi connectivity index (χ0v) is 8.42. The molecule has 0 aliphatic carbocycles. The molecule has 74 valence electrons. The van der Waals surface area contributed by atoms with Crippen LogP contribution in [0.2, 0.25) is 0 Å². The van der Waals surface area contributed by atoms with Crippen molar-refractivity contribution in [3.8, 4) is 12.3 Å². The van der Waals surface area contributed by atoms with Crippen molar-refractivity contribution < 1.29 is 4.74 Å². The van der Waals surface area contributed by atoms with Crippen molar-refractivity contribution in [3.05, 3.63) is 29.8 Å². The van der Waals surface area contributed by atoms with Crippen LogP contribution in [0.4, 0.5) is 5.69 Å². The Kier molecular flexibility index (Phi) is 4.60. The second kappa shape index (κ2) is 6.06. The largest absolute Gasteiger partial charge is 0.383 e. The number of nitrogens with one attached hydrogen (secondary N) is 1. The maximum atomic E-state index is 5.29. The van der Waals surface area contributed by atoms with Gasteiger partial charge < -0.3 is 10.1 Å². The van der Waals surface area contributed by atoms with Crippen LogP contribution in [0.5, 0.6) is 0 Å². The van der Waals surface area contributed by atoms with Gasteiger partial charge in [-0.25, -0.2) is 0 Å². The highest BCUT2D eigenvalue weighted by atomic mass is 16.5. The Bertz CT molecular complexity index is 314. The van der Waals surface area contributed by atoms with Gasteiger partial charge in [0.05, 0.1) is 6.61 Å². The molecule has 1 aromatic carbocycles. The van der Waals surface area contributed by atoms with E-state index in [2.05, 4.69) is 11.2 Å². The molecule has 0 saturated carbocycles. The minimum atomic E-state index is 0.719. The molecule has 2 heteroatoms. The van der Waals surface area contributed by atoms with Gasteiger partial charge in [-0.3, -0.25) is 0 Å². The van der Waals surface area contributed by atoms with E-state index in [1.54, 1.807) is 0 Å². The van der Waals surface area contributed by atoms with E-state index in [0.717, 1.165) is 31.0 Å². The van der Waals surface area contributed by atoms with Crippen LogP contribution in [0.15, 0.2) is 24.3 Å². The summed E-state index contributed by atoms with van der Waals surface area (Å²) < 4.78 is 5.21. The van der Waals surface area contributed by atoms with Gasteiger partial charge in [-0.05, 0) is 25.1 Å². The van der Waals surface area contributed by atoms with Crippen molar-refractivity contribution in [1.29, 1.82) is 0 Å². The summed E-state index contributed by atoms with van der Waals surface area (Å²) in [6.45, 7) is 4.27. The van der Waals surface area contributed by atoms with Crippen LogP contribution >= 0.6 is 0 Å². The molecule has 0 aliphatic heterocycles. The number of rotatable bonds is 5. The third-order valence-electron chi connectivity index (χ3n) is 1.81. The van der Waals surface area contributed by atoms with E-state index in [0.29, 0.717) is 0 Å². The average molecular weight is 189 g/mol. The van der Waals surface area contributed by atoms with Gasteiger partial charge in [-0.15, -0.1) is 6.42 Å². The van der Waals surface area contributed by atoms with Crippen molar-refractivity contribution >= 4 is 5.69 Å². The first-order valence-corrected chi connectivity index (χ1v) is 4.75. The molecule has 0 aliphatic rings. The fourth-order valence-corrected chi connectivity index (χ4v) is 1.13. The molecule has 2 nitrogen and oxygen atoms in total. The normalized spacial score (nSPS) is 9.43. The number of hydrogen-bond donors (Lipinski definition) is 1. The molecule has 14 heavy (non-hydrogen) atoms. The predicted octanol–water partition coefficient (Wildman–Crippen LogP) is 2.12. The summed E-state index contributed by atoms with van der Waals surface area (Å²) in [5.74, 6) is 2.60. The topological polar surface area (TPSA) is 21.3 Å². The molecule has 0 bridgehead atoms. The summed E-state index contributed by atoms with van der Waals surface area (Å²) in [6, 6.07) is 7.80. The first kappa shape index (κ1) is 10.6. The maximum absolute atomic E-state index is 5.29. The Morgan fingerprint density at radius 2 is 2.36 bits per heavy atom. The SMILES string of the molecule is C#Cc1cccc(NCCOCC)c1. The third-order valence-corrected chi connectivity index (χ3v) is 1.81. The summed E-state index contributed by atoms with van der Waals surface area (Å²) in [6.07, 6.45) is 5.29. The van der Waals surface area contributed by atoms with E-state index in [4.69, 9.17) is 11.2 Å². The number of hydrogen-bond acceptors (Lipinski definition) is 2. The van der Waals surface area contributed by atoms with Crippen molar-refractivity contribution in [2.45, 2.75) is 6.92 Å². The molecule has 1 aromatic rings. The van der Waals surface area contributed by atoms with Gasteiger partial charge in [-0.1, -0.05) is 12.0 Å². The Morgan fingerprint density at radius 1 is 1.50 bits per heavy atom. The van der Waals surface area contributed by atoms with Crippen LogP contribution in [0.1, 0.15) is 12.5 Å². The quantitative estimate of drug-likeness (QED) is 0.566.